The Labute approximate surface area is 157 Å². The molecule has 0 aliphatic heterocycles. The van der Waals surface area contributed by atoms with Crippen LogP contribution in [0.1, 0.15) is 52.4 Å². The van der Waals surface area contributed by atoms with Gasteiger partial charge in [0.1, 0.15) is 5.75 Å². The van der Waals surface area contributed by atoms with Crippen LogP contribution < -0.4 is 15.4 Å². The second-order valence-electron chi connectivity index (χ2n) is 6.98. The zero-order valence-corrected chi connectivity index (χ0v) is 15.5. The van der Waals surface area contributed by atoms with Gasteiger partial charge in [-0.15, -0.1) is 0 Å². The number of esters is 1. The molecule has 0 unspecified atom stereocenters. The Morgan fingerprint density at radius 1 is 1.04 bits per heavy atom. The summed E-state index contributed by atoms with van der Waals surface area (Å²) in [6.07, 6.45) is 3.22. The number of carbonyl (C=O) groups is 4. The van der Waals surface area contributed by atoms with Gasteiger partial charge in [-0.05, 0) is 30.4 Å². The van der Waals surface area contributed by atoms with E-state index in [9.17, 15) is 24.3 Å². The highest BCUT2D eigenvalue weighted by atomic mass is 16.5. The van der Waals surface area contributed by atoms with Crippen LogP contribution in [0, 0.1) is 5.41 Å². The first-order chi connectivity index (χ1) is 12.7. The highest BCUT2D eigenvalue weighted by Gasteiger charge is 2.38. The maximum Gasteiger partial charge on any atom is 0.308 e. The van der Waals surface area contributed by atoms with Gasteiger partial charge in [0.05, 0.1) is 17.8 Å². The molecule has 3 N–H and O–H groups in total. The van der Waals surface area contributed by atoms with Gasteiger partial charge in [-0.25, -0.2) is 0 Å². The van der Waals surface area contributed by atoms with Crippen molar-refractivity contribution in [2.45, 2.75) is 52.4 Å². The quantitative estimate of drug-likeness (QED) is 0.497. The maximum atomic E-state index is 12.6. The Balaban J connectivity index is 2.19. The second-order valence-corrected chi connectivity index (χ2v) is 6.98. The van der Waals surface area contributed by atoms with E-state index in [1.165, 1.54) is 32.0 Å². The van der Waals surface area contributed by atoms with E-state index in [2.05, 4.69) is 10.6 Å². The third-order valence-corrected chi connectivity index (χ3v) is 4.56. The minimum Gasteiger partial charge on any atom is -0.481 e. The summed E-state index contributed by atoms with van der Waals surface area (Å²) in [7, 11) is 0. The predicted molar refractivity (Wildman–Crippen MR) is 98.5 cm³/mol. The second kappa shape index (κ2) is 8.66. The summed E-state index contributed by atoms with van der Waals surface area (Å²) >= 11 is 0. The van der Waals surface area contributed by atoms with Gasteiger partial charge in [-0.2, -0.15) is 0 Å². The summed E-state index contributed by atoms with van der Waals surface area (Å²) in [6, 6.07) is 4.48. The highest BCUT2D eigenvalue weighted by molar-refractivity contribution is 5.99. The first kappa shape index (κ1) is 20.4. The molecule has 0 spiro atoms. The van der Waals surface area contributed by atoms with Crippen LogP contribution in [0.15, 0.2) is 18.2 Å². The molecule has 8 heteroatoms. The summed E-state index contributed by atoms with van der Waals surface area (Å²) in [5.74, 6) is -1.85. The lowest BCUT2D eigenvalue weighted by Gasteiger charge is -2.26. The smallest absolute Gasteiger partial charge is 0.308 e. The molecular weight excluding hydrogens is 352 g/mol. The van der Waals surface area contributed by atoms with Crippen LogP contribution >= 0.6 is 0 Å². The predicted octanol–water partition coefficient (Wildman–Crippen LogP) is 2.93. The number of ether oxygens (including phenoxy) is 1. The minimum absolute atomic E-state index is 0.0491. The Morgan fingerprint density at radius 2 is 1.70 bits per heavy atom. The largest absolute Gasteiger partial charge is 0.481 e. The number of aliphatic carboxylic acids is 1. The van der Waals surface area contributed by atoms with Crippen molar-refractivity contribution in [2.24, 2.45) is 5.41 Å². The van der Waals surface area contributed by atoms with Crippen molar-refractivity contribution in [3.05, 3.63) is 18.2 Å². The molecule has 146 valence electrons. The molecule has 0 saturated heterocycles. The minimum atomic E-state index is -0.916. The molecule has 0 aromatic heterocycles. The van der Waals surface area contributed by atoms with Crippen molar-refractivity contribution in [2.75, 3.05) is 10.6 Å². The van der Waals surface area contributed by atoms with Crippen LogP contribution in [0.2, 0.25) is 0 Å². The number of carboxylic acids is 1. The Morgan fingerprint density at radius 3 is 2.26 bits per heavy atom. The average Bonchev–Trinajstić information content (AvgIpc) is 2.95. The number of benzene rings is 1. The summed E-state index contributed by atoms with van der Waals surface area (Å²) in [6.45, 7) is 2.60. The van der Waals surface area contributed by atoms with Gasteiger partial charge < -0.3 is 20.5 Å². The van der Waals surface area contributed by atoms with Crippen LogP contribution in [-0.2, 0) is 19.2 Å². The summed E-state index contributed by atoms with van der Waals surface area (Å²) in [5, 5.41) is 14.5. The molecule has 0 radical (unpaired) electrons. The first-order valence-electron chi connectivity index (χ1n) is 8.81. The van der Waals surface area contributed by atoms with Crippen LogP contribution in [-0.4, -0.2) is 28.9 Å². The van der Waals surface area contributed by atoms with Crippen LogP contribution in [0.25, 0.3) is 0 Å². The van der Waals surface area contributed by atoms with Crippen LogP contribution in [0.5, 0.6) is 5.75 Å². The van der Waals surface area contributed by atoms with E-state index in [0.29, 0.717) is 18.5 Å². The molecule has 0 atom stereocenters. The third-order valence-electron chi connectivity index (χ3n) is 4.56. The average molecular weight is 376 g/mol. The van der Waals surface area contributed by atoms with Crippen molar-refractivity contribution in [1.29, 1.82) is 0 Å². The van der Waals surface area contributed by atoms with Crippen molar-refractivity contribution < 1.29 is 29.0 Å². The SMILES string of the molecule is CC(=O)Nc1ccc(OC(C)=O)cc1NC(=O)CC1(CC(=O)O)CCCC1. The highest BCUT2D eigenvalue weighted by Crippen LogP contribution is 2.44. The summed E-state index contributed by atoms with van der Waals surface area (Å²) in [5.41, 5.74) is 0.111. The van der Waals surface area contributed by atoms with Gasteiger partial charge in [-0.1, -0.05) is 12.8 Å². The number of carbonyl (C=O) groups excluding carboxylic acids is 3. The van der Waals surface area contributed by atoms with Gasteiger partial charge in [0.15, 0.2) is 0 Å². The Bertz CT molecular complexity index is 753. The lowest BCUT2D eigenvalue weighted by atomic mass is 9.79. The monoisotopic (exact) mass is 376 g/mol. The van der Waals surface area contributed by atoms with Crippen LogP contribution in [0.3, 0.4) is 0 Å². The fraction of sp³-hybridized carbons (Fsp3) is 0.474. The van der Waals surface area contributed by atoms with E-state index in [4.69, 9.17) is 4.74 Å². The van der Waals surface area contributed by atoms with Gasteiger partial charge in [0.25, 0.3) is 0 Å². The number of anilines is 2. The maximum absolute atomic E-state index is 12.6. The number of hydrogen-bond donors (Lipinski definition) is 3. The van der Waals surface area contributed by atoms with Crippen molar-refractivity contribution >= 4 is 35.1 Å². The normalized spacial score (nSPS) is 15.0. The lowest BCUT2D eigenvalue weighted by molar-refractivity contribution is -0.140. The summed E-state index contributed by atoms with van der Waals surface area (Å²) in [4.78, 5) is 46.3. The molecule has 1 fully saturated rings. The van der Waals surface area contributed by atoms with E-state index in [-0.39, 0.29) is 36.1 Å². The van der Waals surface area contributed by atoms with E-state index in [1.807, 2.05) is 0 Å². The number of carboxylic acid groups (broad SMARTS) is 1. The number of rotatable bonds is 7. The number of nitrogens with one attached hydrogen (secondary N) is 2. The molecule has 8 nitrogen and oxygen atoms in total. The fourth-order valence-electron chi connectivity index (χ4n) is 3.55. The van der Waals surface area contributed by atoms with Crippen LogP contribution in [0.4, 0.5) is 11.4 Å². The van der Waals surface area contributed by atoms with Gasteiger partial charge >= 0.3 is 11.9 Å². The molecule has 2 rings (SSSR count). The van der Waals surface area contributed by atoms with E-state index in [1.54, 1.807) is 0 Å². The van der Waals surface area contributed by atoms with Crippen molar-refractivity contribution in [1.82, 2.24) is 0 Å². The fourth-order valence-corrected chi connectivity index (χ4v) is 3.55. The molecule has 0 heterocycles. The zero-order valence-electron chi connectivity index (χ0n) is 15.5. The van der Waals surface area contributed by atoms with Gasteiger partial charge in [0, 0.05) is 26.3 Å². The van der Waals surface area contributed by atoms with E-state index >= 15 is 0 Å². The Kier molecular flexibility index (Phi) is 6.55. The molecule has 1 aromatic carbocycles. The molecular formula is C19H24N2O6. The molecule has 2 amide bonds. The number of amides is 2. The number of hydrogen-bond acceptors (Lipinski definition) is 5. The molecule has 27 heavy (non-hydrogen) atoms. The van der Waals surface area contributed by atoms with E-state index in [0.717, 1.165) is 12.8 Å². The molecule has 0 bridgehead atoms. The molecule has 1 saturated carbocycles. The zero-order chi connectivity index (χ0) is 20.0. The van der Waals surface area contributed by atoms with Crippen molar-refractivity contribution in [3.63, 3.8) is 0 Å². The van der Waals surface area contributed by atoms with Gasteiger partial charge in [-0.3, -0.25) is 19.2 Å². The van der Waals surface area contributed by atoms with Gasteiger partial charge in [0.2, 0.25) is 11.8 Å². The lowest BCUT2D eigenvalue weighted by Crippen LogP contribution is -2.28. The molecule has 1 aliphatic carbocycles. The van der Waals surface area contributed by atoms with E-state index < -0.39 is 17.4 Å². The Hall–Kier alpha value is -2.90. The van der Waals surface area contributed by atoms with Crippen molar-refractivity contribution in [3.8, 4) is 5.75 Å². The molecule has 1 aromatic rings. The topological polar surface area (TPSA) is 122 Å². The molecule has 1 aliphatic rings. The standard InChI is InChI=1S/C19H24N2O6/c1-12(22)20-15-6-5-14(27-13(2)23)9-16(15)21-17(24)10-19(11-18(25)26)7-3-4-8-19/h5-6,9H,3-4,7-8,10-11H2,1-2H3,(H,20,22)(H,21,24)(H,25,26). The summed E-state index contributed by atoms with van der Waals surface area (Å²) < 4.78 is 5.02. The first-order valence-corrected chi connectivity index (χ1v) is 8.81. The third kappa shape index (κ3) is 6.09.